The first-order valence-electron chi connectivity index (χ1n) is 4.68. The topological polar surface area (TPSA) is 92.4 Å². The van der Waals surface area contributed by atoms with Gasteiger partial charge in [0.25, 0.3) is 0 Å². The van der Waals surface area contributed by atoms with Gasteiger partial charge < -0.3 is 10.8 Å². The number of hydrogen-bond acceptors (Lipinski definition) is 3. The van der Waals surface area contributed by atoms with Crippen LogP contribution in [0.2, 0.25) is 0 Å². The first-order chi connectivity index (χ1) is 6.40. The molecule has 0 saturated heterocycles. The molecule has 5 heteroatoms. The summed E-state index contributed by atoms with van der Waals surface area (Å²) in [5.74, 6) is -1.56. The molecular weight excluding hydrogens is 184 g/mol. The number of carbonyl (C=O) groups excluding carboxylic acids is 1. The van der Waals surface area contributed by atoms with E-state index in [1.54, 1.807) is 20.8 Å². The first kappa shape index (κ1) is 12.9. The van der Waals surface area contributed by atoms with E-state index in [1.807, 2.05) is 0 Å². The molecule has 2 atom stereocenters. The number of rotatable bonds is 6. The molecule has 0 rings (SSSR count). The molecule has 0 fully saturated rings. The molecule has 4 N–H and O–H groups in total. The van der Waals surface area contributed by atoms with Crippen molar-refractivity contribution in [2.45, 2.75) is 39.3 Å². The van der Waals surface area contributed by atoms with Crippen molar-refractivity contribution in [1.29, 1.82) is 0 Å². The fraction of sp³-hybridized carbons (Fsp3) is 0.778. The lowest BCUT2D eigenvalue weighted by Crippen LogP contribution is -2.51. The van der Waals surface area contributed by atoms with E-state index in [4.69, 9.17) is 10.8 Å². The van der Waals surface area contributed by atoms with E-state index in [2.05, 4.69) is 5.32 Å². The molecule has 0 spiro atoms. The predicted molar refractivity (Wildman–Crippen MR) is 52.7 cm³/mol. The van der Waals surface area contributed by atoms with Crippen LogP contribution in [0, 0.1) is 5.92 Å². The van der Waals surface area contributed by atoms with Crippen LogP contribution in [0.4, 0.5) is 0 Å². The maximum Gasteiger partial charge on any atom is 0.320 e. The second kappa shape index (κ2) is 5.59. The van der Waals surface area contributed by atoms with Crippen molar-refractivity contribution in [3.05, 3.63) is 0 Å². The van der Waals surface area contributed by atoms with E-state index in [0.717, 1.165) is 0 Å². The third-order valence-electron chi connectivity index (χ3n) is 2.07. The monoisotopic (exact) mass is 202 g/mol. The fourth-order valence-electron chi connectivity index (χ4n) is 1.17. The van der Waals surface area contributed by atoms with Gasteiger partial charge in [0.15, 0.2) is 0 Å². The zero-order valence-electron chi connectivity index (χ0n) is 8.78. The third-order valence-corrected chi connectivity index (χ3v) is 2.07. The van der Waals surface area contributed by atoms with E-state index in [-0.39, 0.29) is 5.92 Å². The van der Waals surface area contributed by atoms with Gasteiger partial charge in [-0.3, -0.25) is 14.9 Å². The van der Waals surface area contributed by atoms with Crippen LogP contribution in [0.5, 0.6) is 0 Å². The Bertz CT molecular complexity index is 216. The molecule has 2 unspecified atom stereocenters. The first-order valence-corrected chi connectivity index (χ1v) is 4.68. The average molecular weight is 202 g/mol. The smallest absolute Gasteiger partial charge is 0.320 e. The summed E-state index contributed by atoms with van der Waals surface area (Å²) in [5, 5.41) is 11.6. The highest BCUT2D eigenvalue weighted by atomic mass is 16.4. The van der Waals surface area contributed by atoms with Crippen molar-refractivity contribution in [3.8, 4) is 0 Å². The standard InChI is InChI=1S/C9H18N2O3/c1-4-6(8(10)12)11-7(5(2)3)9(13)14/h5-7,11H,4H2,1-3H3,(H2,10,12)(H,13,14). The van der Waals surface area contributed by atoms with E-state index in [0.29, 0.717) is 6.42 Å². The molecule has 0 heterocycles. The van der Waals surface area contributed by atoms with E-state index in [1.165, 1.54) is 0 Å². The van der Waals surface area contributed by atoms with Crippen molar-refractivity contribution < 1.29 is 14.7 Å². The van der Waals surface area contributed by atoms with E-state index >= 15 is 0 Å². The minimum Gasteiger partial charge on any atom is -0.480 e. The SMILES string of the molecule is CCC(NC(C(=O)O)C(C)C)C(N)=O. The lowest BCUT2D eigenvalue weighted by atomic mass is 10.0. The molecule has 0 aromatic heterocycles. The predicted octanol–water partition coefficient (Wildman–Crippen LogP) is -0.0509. The molecule has 1 amide bonds. The van der Waals surface area contributed by atoms with Crippen LogP contribution in [0.1, 0.15) is 27.2 Å². The summed E-state index contributed by atoms with van der Waals surface area (Å²) in [6.45, 7) is 5.33. The normalized spacial score (nSPS) is 15.1. The molecule has 14 heavy (non-hydrogen) atoms. The van der Waals surface area contributed by atoms with Gasteiger partial charge >= 0.3 is 5.97 Å². The Hall–Kier alpha value is -1.10. The van der Waals surface area contributed by atoms with Crippen LogP contribution >= 0.6 is 0 Å². The van der Waals surface area contributed by atoms with Crippen molar-refractivity contribution in [3.63, 3.8) is 0 Å². The third kappa shape index (κ3) is 3.74. The summed E-state index contributed by atoms with van der Waals surface area (Å²) in [6.07, 6.45) is 0.492. The van der Waals surface area contributed by atoms with Gasteiger partial charge in [0, 0.05) is 0 Å². The summed E-state index contributed by atoms with van der Waals surface area (Å²) in [7, 11) is 0. The van der Waals surface area contributed by atoms with Gasteiger partial charge in [0.2, 0.25) is 5.91 Å². The van der Waals surface area contributed by atoms with Crippen molar-refractivity contribution in [1.82, 2.24) is 5.32 Å². The maximum absolute atomic E-state index is 10.9. The van der Waals surface area contributed by atoms with Crippen LogP contribution in [0.25, 0.3) is 0 Å². The van der Waals surface area contributed by atoms with Crippen molar-refractivity contribution in [2.24, 2.45) is 11.7 Å². The second-order valence-electron chi connectivity index (χ2n) is 3.59. The lowest BCUT2D eigenvalue weighted by Gasteiger charge is -2.22. The van der Waals surface area contributed by atoms with Crippen LogP contribution in [-0.4, -0.2) is 29.1 Å². The largest absolute Gasteiger partial charge is 0.480 e. The molecule has 0 aromatic rings. The number of carboxylic acid groups (broad SMARTS) is 1. The molecule has 0 aromatic carbocycles. The number of carbonyl (C=O) groups is 2. The number of nitrogens with one attached hydrogen (secondary N) is 1. The molecule has 0 bridgehead atoms. The highest BCUT2D eigenvalue weighted by Crippen LogP contribution is 2.04. The second-order valence-corrected chi connectivity index (χ2v) is 3.59. The Labute approximate surface area is 83.7 Å². The number of primary amides is 1. The average Bonchev–Trinajstić information content (AvgIpc) is 2.03. The number of carboxylic acids is 1. The molecule has 0 radical (unpaired) electrons. The molecular formula is C9H18N2O3. The van der Waals surface area contributed by atoms with Crippen LogP contribution in [0.3, 0.4) is 0 Å². The van der Waals surface area contributed by atoms with Gasteiger partial charge in [-0.2, -0.15) is 0 Å². The Balaban J connectivity index is 4.41. The summed E-state index contributed by atoms with van der Waals surface area (Å²) in [5.41, 5.74) is 5.10. The van der Waals surface area contributed by atoms with E-state index < -0.39 is 24.0 Å². The highest BCUT2D eigenvalue weighted by molar-refractivity contribution is 5.81. The van der Waals surface area contributed by atoms with Gasteiger partial charge in [-0.1, -0.05) is 20.8 Å². The van der Waals surface area contributed by atoms with Gasteiger partial charge in [0.05, 0.1) is 6.04 Å². The summed E-state index contributed by atoms with van der Waals surface area (Å²) >= 11 is 0. The Kier molecular flexibility index (Phi) is 5.15. The molecule has 0 saturated carbocycles. The quantitative estimate of drug-likeness (QED) is 0.563. The summed E-state index contributed by atoms with van der Waals surface area (Å²) in [6, 6.07) is -1.30. The zero-order chi connectivity index (χ0) is 11.3. The number of amides is 1. The Morgan fingerprint density at radius 1 is 1.43 bits per heavy atom. The van der Waals surface area contributed by atoms with Gasteiger partial charge in [-0.25, -0.2) is 0 Å². The zero-order valence-corrected chi connectivity index (χ0v) is 8.78. The number of hydrogen-bond donors (Lipinski definition) is 3. The molecule has 0 aliphatic carbocycles. The molecule has 0 aliphatic heterocycles. The van der Waals surface area contributed by atoms with E-state index in [9.17, 15) is 9.59 Å². The van der Waals surface area contributed by atoms with Crippen molar-refractivity contribution >= 4 is 11.9 Å². The number of aliphatic carboxylic acids is 1. The lowest BCUT2D eigenvalue weighted by molar-refractivity contribution is -0.141. The maximum atomic E-state index is 10.9. The minimum absolute atomic E-state index is 0.0825. The fourth-order valence-corrected chi connectivity index (χ4v) is 1.17. The van der Waals surface area contributed by atoms with Crippen LogP contribution in [-0.2, 0) is 9.59 Å². The Morgan fingerprint density at radius 2 is 1.93 bits per heavy atom. The highest BCUT2D eigenvalue weighted by Gasteiger charge is 2.25. The molecule has 82 valence electrons. The van der Waals surface area contributed by atoms with Gasteiger partial charge in [-0.05, 0) is 12.3 Å². The molecule has 0 aliphatic rings. The van der Waals surface area contributed by atoms with Gasteiger partial charge in [-0.15, -0.1) is 0 Å². The molecule has 5 nitrogen and oxygen atoms in total. The number of nitrogens with two attached hydrogens (primary N) is 1. The summed E-state index contributed by atoms with van der Waals surface area (Å²) in [4.78, 5) is 21.7. The van der Waals surface area contributed by atoms with Crippen LogP contribution in [0.15, 0.2) is 0 Å². The van der Waals surface area contributed by atoms with Crippen LogP contribution < -0.4 is 11.1 Å². The Morgan fingerprint density at radius 3 is 2.14 bits per heavy atom. The minimum atomic E-state index is -0.959. The summed E-state index contributed by atoms with van der Waals surface area (Å²) < 4.78 is 0. The van der Waals surface area contributed by atoms with Gasteiger partial charge in [0.1, 0.15) is 6.04 Å². The van der Waals surface area contributed by atoms with Crippen molar-refractivity contribution in [2.75, 3.05) is 0 Å².